The summed E-state index contributed by atoms with van der Waals surface area (Å²) in [5, 5.41) is 17.7. The molecule has 0 aliphatic rings. The maximum Gasteiger partial charge on any atom is 0.264 e. The first kappa shape index (κ1) is 14.0. The zero-order valence-electron chi connectivity index (χ0n) is 11.0. The molecule has 0 bridgehead atoms. The fourth-order valence-electron chi connectivity index (χ4n) is 1.83. The van der Waals surface area contributed by atoms with E-state index in [1.54, 1.807) is 12.1 Å². The summed E-state index contributed by atoms with van der Waals surface area (Å²) in [5.74, 6) is -0.237. The molecule has 1 aromatic carbocycles. The SMILES string of the molecule is Cc1cc(=O)[nH]nc1-c1ccc(NC(=O)CCO)cc1. The Balaban J connectivity index is 2.19. The van der Waals surface area contributed by atoms with Crippen molar-refractivity contribution in [3.8, 4) is 11.3 Å². The second kappa shape index (κ2) is 6.12. The van der Waals surface area contributed by atoms with E-state index in [9.17, 15) is 9.59 Å². The Kier molecular flexibility index (Phi) is 4.27. The van der Waals surface area contributed by atoms with Crippen molar-refractivity contribution in [2.24, 2.45) is 0 Å². The topological polar surface area (TPSA) is 95.1 Å². The van der Waals surface area contributed by atoms with E-state index in [4.69, 9.17) is 5.11 Å². The van der Waals surface area contributed by atoms with E-state index in [0.29, 0.717) is 11.4 Å². The van der Waals surface area contributed by atoms with Crippen LogP contribution in [-0.2, 0) is 4.79 Å². The van der Waals surface area contributed by atoms with Crippen LogP contribution >= 0.6 is 0 Å². The van der Waals surface area contributed by atoms with E-state index in [0.717, 1.165) is 11.1 Å². The van der Waals surface area contributed by atoms with Crippen molar-refractivity contribution in [2.75, 3.05) is 11.9 Å². The average Bonchev–Trinajstić information content (AvgIpc) is 2.40. The van der Waals surface area contributed by atoms with E-state index in [1.165, 1.54) is 6.07 Å². The average molecular weight is 273 g/mol. The predicted octanol–water partition coefficient (Wildman–Crippen LogP) is 1.07. The second-order valence-corrected chi connectivity index (χ2v) is 4.36. The van der Waals surface area contributed by atoms with E-state index >= 15 is 0 Å². The van der Waals surface area contributed by atoms with Crippen LogP contribution in [0.2, 0.25) is 0 Å². The number of nitrogens with one attached hydrogen (secondary N) is 2. The van der Waals surface area contributed by atoms with Crippen LogP contribution in [0.25, 0.3) is 11.3 Å². The molecule has 6 nitrogen and oxygen atoms in total. The molecule has 0 radical (unpaired) electrons. The number of hydrogen-bond acceptors (Lipinski definition) is 4. The summed E-state index contributed by atoms with van der Waals surface area (Å²) in [6.45, 7) is 1.64. The molecule has 0 aliphatic carbocycles. The Morgan fingerprint density at radius 3 is 2.65 bits per heavy atom. The predicted molar refractivity (Wildman–Crippen MR) is 75.4 cm³/mol. The number of aryl methyl sites for hydroxylation is 1. The molecule has 0 atom stereocenters. The molecule has 1 amide bonds. The Labute approximate surface area is 115 Å². The van der Waals surface area contributed by atoms with Gasteiger partial charge < -0.3 is 10.4 Å². The molecule has 104 valence electrons. The summed E-state index contributed by atoms with van der Waals surface area (Å²) >= 11 is 0. The molecule has 3 N–H and O–H groups in total. The maximum atomic E-state index is 11.3. The summed E-state index contributed by atoms with van der Waals surface area (Å²) < 4.78 is 0. The lowest BCUT2D eigenvalue weighted by molar-refractivity contribution is -0.116. The van der Waals surface area contributed by atoms with Crippen LogP contribution < -0.4 is 10.9 Å². The van der Waals surface area contributed by atoms with E-state index in [-0.39, 0.29) is 24.5 Å². The van der Waals surface area contributed by atoms with Crippen molar-refractivity contribution in [1.82, 2.24) is 10.2 Å². The lowest BCUT2D eigenvalue weighted by Crippen LogP contribution is -2.12. The molecule has 0 spiro atoms. The van der Waals surface area contributed by atoms with Gasteiger partial charge in [-0.15, -0.1) is 0 Å². The van der Waals surface area contributed by atoms with Gasteiger partial charge >= 0.3 is 0 Å². The van der Waals surface area contributed by atoms with Crippen molar-refractivity contribution < 1.29 is 9.90 Å². The molecule has 0 saturated heterocycles. The standard InChI is InChI=1S/C14H15N3O3/c1-9-8-13(20)16-17-14(9)10-2-4-11(5-3-10)15-12(19)6-7-18/h2-5,8,18H,6-7H2,1H3,(H,15,19)(H,16,20). The number of aliphatic hydroxyl groups is 1. The number of H-pyrrole nitrogens is 1. The molecule has 0 fully saturated rings. The fourth-order valence-corrected chi connectivity index (χ4v) is 1.83. The largest absolute Gasteiger partial charge is 0.396 e. The van der Waals surface area contributed by atoms with Crippen LogP contribution in [0.3, 0.4) is 0 Å². The molecule has 2 rings (SSSR count). The highest BCUT2D eigenvalue weighted by molar-refractivity contribution is 5.91. The van der Waals surface area contributed by atoms with Gasteiger partial charge in [-0.05, 0) is 24.6 Å². The van der Waals surface area contributed by atoms with Gasteiger partial charge in [-0.25, -0.2) is 5.10 Å². The summed E-state index contributed by atoms with van der Waals surface area (Å²) in [7, 11) is 0. The van der Waals surface area contributed by atoms with Gasteiger partial charge in [0.2, 0.25) is 5.91 Å². The van der Waals surface area contributed by atoms with Gasteiger partial charge in [0.05, 0.1) is 18.7 Å². The van der Waals surface area contributed by atoms with Crippen LogP contribution in [0.1, 0.15) is 12.0 Å². The van der Waals surface area contributed by atoms with E-state index in [2.05, 4.69) is 15.5 Å². The van der Waals surface area contributed by atoms with Crippen LogP contribution in [0.15, 0.2) is 35.1 Å². The third-order valence-corrected chi connectivity index (χ3v) is 2.78. The molecule has 1 heterocycles. The molecule has 0 aliphatic heterocycles. The van der Waals surface area contributed by atoms with Crippen LogP contribution in [-0.4, -0.2) is 27.8 Å². The van der Waals surface area contributed by atoms with Gasteiger partial charge in [-0.3, -0.25) is 9.59 Å². The minimum absolute atomic E-state index is 0.0718. The zero-order valence-corrected chi connectivity index (χ0v) is 11.0. The fraction of sp³-hybridized carbons (Fsp3) is 0.214. The number of aromatic nitrogens is 2. The van der Waals surface area contributed by atoms with E-state index in [1.807, 2.05) is 19.1 Å². The highest BCUT2D eigenvalue weighted by atomic mass is 16.3. The number of hydrogen-bond donors (Lipinski definition) is 3. The third-order valence-electron chi connectivity index (χ3n) is 2.78. The summed E-state index contributed by atoms with van der Waals surface area (Å²) in [5.41, 5.74) is 2.73. The number of nitrogens with zero attached hydrogens (tertiary/aromatic N) is 1. The maximum absolute atomic E-state index is 11.3. The monoisotopic (exact) mass is 273 g/mol. The molecule has 20 heavy (non-hydrogen) atoms. The number of carbonyl (C=O) groups excluding carboxylic acids is 1. The number of carbonyl (C=O) groups is 1. The highest BCUT2D eigenvalue weighted by Gasteiger charge is 2.06. The Hall–Kier alpha value is -2.47. The molecule has 6 heteroatoms. The lowest BCUT2D eigenvalue weighted by Gasteiger charge is -2.07. The summed E-state index contributed by atoms with van der Waals surface area (Å²) in [4.78, 5) is 22.5. The van der Waals surface area contributed by atoms with Crippen molar-refractivity contribution in [3.05, 3.63) is 46.2 Å². The number of aromatic amines is 1. The quantitative estimate of drug-likeness (QED) is 0.776. The molecule has 0 saturated carbocycles. The Morgan fingerprint density at radius 1 is 1.35 bits per heavy atom. The second-order valence-electron chi connectivity index (χ2n) is 4.36. The van der Waals surface area contributed by atoms with E-state index < -0.39 is 0 Å². The van der Waals surface area contributed by atoms with Gasteiger partial charge in [-0.1, -0.05) is 12.1 Å². The third kappa shape index (κ3) is 3.30. The number of rotatable bonds is 4. The van der Waals surface area contributed by atoms with Crippen molar-refractivity contribution in [3.63, 3.8) is 0 Å². The smallest absolute Gasteiger partial charge is 0.264 e. The molecule has 2 aromatic rings. The van der Waals surface area contributed by atoms with Gasteiger partial charge in [-0.2, -0.15) is 5.10 Å². The first-order valence-electron chi connectivity index (χ1n) is 6.17. The Bertz CT molecular complexity index is 662. The van der Waals surface area contributed by atoms with Gasteiger partial charge in [0.1, 0.15) is 0 Å². The van der Waals surface area contributed by atoms with Crippen LogP contribution in [0, 0.1) is 6.92 Å². The number of amides is 1. The van der Waals surface area contributed by atoms with Gasteiger partial charge in [0, 0.05) is 17.3 Å². The van der Waals surface area contributed by atoms with Crippen LogP contribution in [0.5, 0.6) is 0 Å². The minimum Gasteiger partial charge on any atom is -0.396 e. The summed E-state index contributed by atoms with van der Waals surface area (Å²) in [6.07, 6.45) is 0.0718. The Morgan fingerprint density at radius 2 is 2.05 bits per heavy atom. The van der Waals surface area contributed by atoms with Crippen molar-refractivity contribution in [1.29, 1.82) is 0 Å². The minimum atomic E-state index is -0.237. The molecular formula is C14H15N3O3. The first-order valence-corrected chi connectivity index (χ1v) is 6.17. The van der Waals surface area contributed by atoms with Gasteiger partial charge in [0.25, 0.3) is 5.56 Å². The highest BCUT2D eigenvalue weighted by Crippen LogP contribution is 2.21. The van der Waals surface area contributed by atoms with Crippen molar-refractivity contribution >= 4 is 11.6 Å². The molecule has 0 unspecified atom stereocenters. The van der Waals surface area contributed by atoms with Crippen LogP contribution in [0.4, 0.5) is 5.69 Å². The lowest BCUT2D eigenvalue weighted by atomic mass is 10.1. The van der Waals surface area contributed by atoms with Gasteiger partial charge in [0.15, 0.2) is 0 Å². The number of aliphatic hydroxyl groups excluding tert-OH is 1. The normalized spacial score (nSPS) is 10.3. The summed E-state index contributed by atoms with van der Waals surface area (Å²) in [6, 6.07) is 8.59. The molecule has 1 aromatic heterocycles. The number of anilines is 1. The molecular weight excluding hydrogens is 258 g/mol. The number of benzene rings is 1. The van der Waals surface area contributed by atoms with Crippen molar-refractivity contribution in [2.45, 2.75) is 13.3 Å². The first-order chi connectivity index (χ1) is 9.60. The zero-order chi connectivity index (χ0) is 14.5.